The Labute approximate surface area is 190 Å². The lowest BCUT2D eigenvalue weighted by atomic mass is 9.99. The van der Waals surface area contributed by atoms with Crippen molar-refractivity contribution in [1.82, 2.24) is 10.2 Å². The van der Waals surface area contributed by atoms with E-state index >= 15 is 0 Å². The smallest absolute Gasteiger partial charge is 0.250 e. The molecule has 0 aromatic heterocycles. The van der Waals surface area contributed by atoms with E-state index in [1.807, 2.05) is 49.4 Å². The lowest BCUT2D eigenvalue weighted by Crippen LogP contribution is -2.46. The Kier molecular flexibility index (Phi) is 7.55. The largest absolute Gasteiger partial charge is 0.382 e. The lowest BCUT2D eigenvalue weighted by molar-refractivity contribution is -0.146. The van der Waals surface area contributed by atoms with Gasteiger partial charge in [0.1, 0.15) is 6.10 Å². The van der Waals surface area contributed by atoms with Gasteiger partial charge in [0.15, 0.2) is 0 Å². The molecule has 2 N–H and O–H groups in total. The Bertz CT molecular complexity index is 906. The van der Waals surface area contributed by atoms with Crippen molar-refractivity contribution in [3.63, 3.8) is 0 Å². The van der Waals surface area contributed by atoms with E-state index in [4.69, 9.17) is 11.6 Å². The second-order valence-corrected chi connectivity index (χ2v) is 9.11. The molecule has 1 heterocycles. The van der Waals surface area contributed by atoms with Gasteiger partial charge in [0, 0.05) is 16.0 Å². The van der Waals surface area contributed by atoms with E-state index in [1.54, 1.807) is 17.9 Å². The van der Waals surface area contributed by atoms with E-state index in [0.717, 1.165) is 28.4 Å². The van der Waals surface area contributed by atoms with Gasteiger partial charge in [-0.25, -0.2) is 0 Å². The maximum absolute atomic E-state index is 13.1. The average molecular weight is 494 g/mol. The predicted molar refractivity (Wildman–Crippen MR) is 121 cm³/mol. The molecule has 1 aliphatic rings. The maximum atomic E-state index is 13.1. The van der Waals surface area contributed by atoms with E-state index in [-0.39, 0.29) is 18.0 Å². The standard InChI is InChI=1S/C23H26BrClN2O3/c1-14(21(28)22(29)26-15(2)16-8-10-18(24)11-9-16)23(30)27-12-4-7-20(27)17-5-3-6-19(25)13-17/h3,5-6,8-11,13-15,20-21,28H,4,7,12H2,1-2H3,(H,26,29)/t14-,15+,20?,21-/m1/s1. The summed E-state index contributed by atoms with van der Waals surface area (Å²) in [6, 6.07) is 14.7. The SMILES string of the molecule is C[C@H](NC(=O)[C@H](O)[C@@H](C)C(=O)N1CCCC1c1cccc(Cl)c1)c1ccc(Br)cc1. The van der Waals surface area contributed by atoms with Crippen molar-refractivity contribution in [2.75, 3.05) is 6.54 Å². The number of hydrogen-bond donors (Lipinski definition) is 2. The van der Waals surface area contributed by atoms with Crippen molar-refractivity contribution in [3.8, 4) is 0 Å². The first-order chi connectivity index (χ1) is 14.3. The fourth-order valence-corrected chi connectivity index (χ4v) is 4.31. The van der Waals surface area contributed by atoms with Gasteiger partial charge in [-0.2, -0.15) is 0 Å². The molecule has 160 valence electrons. The van der Waals surface area contributed by atoms with Gasteiger partial charge in [0.25, 0.3) is 0 Å². The summed E-state index contributed by atoms with van der Waals surface area (Å²) in [6.45, 7) is 4.05. The highest BCUT2D eigenvalue weighted by atomic mass is 79.9. The second kappa shape index (κ2) is 9.94. The third kappa shape index (κ3) is 5.23. The highest BCUT2D eigenvalue weighted by Crippen LogP contribution is 2.34. The fraction of sp³-hybridized carbons (Fsp3) is 0.391. The summed E-state index contributed by atoms with van der Waals surface area (Å²) >= 11 is 9.50. The number of carbonyl (C=O) groups excluding carboxylic acids is 2. The number of hydrogen-bond acceptors (Lipinski definition) is 3. The van der Waals surface area contributed by atoms with Gasteiger partial charge < -0.3 is 15.3 Å². The van der Waals surface area contributed by atoms with E-state index in [0.29, 0.717) is 11.6 Å². The first-order valence-corrected chi connectivity index (χ1v) is 11.2. The molecule has 1 unspecified atom stereocenters. The average Bonchev–Trinajstić information content (AvgIpc) is 3.22. The zero-order valence-corrected chi connectivity index (χ0v) is 19.4. The fourth-order valence-electron chi connectivity index (χ4n) is 3.85. The first kappa shape index (κ1) is 22.8. The van der Waals surface area contributed by atoms with Gasteiger partial charge in [-0.05, 0) is 55.2 Å². The van der Waals surface area contributed by atoms with E-state index in [1.165, 1.54) is 0 Å². The molecule has 5 nitrogen and oxygen atoms in total. The van der Waals surface area contributed by atoms with Crippen molar-refractivity contribution in [1.29, 1.82) is 0 Å². The number of likely N-dealkylation sites (tertiary alicyclic amines) is 1. The molecule has 7 heteroatoms. The number of benzene rings is 2. The number of aliphatic hydroxyl groups is 1. The molecule has 1 fully saturated rings. The van der Waals surface area contributed by atoms with Gasteiger partial charge in [-0.1, -0.05) is 58.7 Å². The van der Waals surface area contributed by atoms with Gasteiger partial charge in [-0.3, -0.25) is 9.59 Å². The zero-order chi connectivity index (χ0) is 21.8. The zero-order valence-electron chi connectivity index (χ0n) is 17.0. The summed E-state index contributed by atoms with van der Waals surface area (Å²) in [4.78, 5) is 27.4. The van der Waals surface area contributed by atoms with Crippen LogP contribution in [0.4, 0.5) is 0 Å². The van der Waals surface area contributed by atoms with Crippen molar-refractivity contribution in [2.45, 2.75) is 44.9 Å². The number of aliphatic hydroxyl groups excluding tert-OH is 1. The third-order valence-electron chi connectivity index (χ3n) is 5.63. The summed E-state index contributed by atoms with van der Waals surface area (Å²) in [5, 5.41) is 14.0. The summed E-state index contributed by atoms with van der Waals surface area (Å²) in [7, 11) is 0. The third-order valence-corrected chi connectivity index (χ3v) is 6.39. The Morgan fingerprint density at radius 2 is 1.90 bits per heavy atom. The van der Waals surface area contributed by atoms with Gasteiger partial charge in [0.2, 0.25) is 11.8 Å². The molecule has 2 amide bonds. The van der Waals surface area contributed by atoms with Crippen molar-refractivity contribution in [2.24, 2.45) is 5.92 Å². The van der Waals surface area contributed by atoms with Crippen LogP contribution in [0.5, 0.6) is 0 Å². The number of nitrogens with zero attached hydrogens (tertiary/aromatic N) is 1. The Balaban J connectivity index is 1.65. The molecular formula is C23H26BrClN2O3. The highest BCUT2D eigenvalue weighted by molar-refractivity contribution is 9.10. The van der Waals surface area contributed by atoms with Crippen LogP contribution < -0.4 is 5.32 Å². The minimum atomic E-state index is -1.42. The second-order valence-electron chi connectivity index (χ2n) is 7.76. The molecular weight excluding hydrogens is 468 g/mol. The summed E-state index contributed by atoms with van der Waals surface area (Å²) < 4.78 is 0.948. The topological polar surface area (TPSA) is 69.6 Å². The van der Waals surface area contributed by atoms with Crippen LogP contribution in [0.15, 0.2) is 53.0 Å². The first-order valence-electron chi connectivity index (χ1n) is 10.1. The molecule has 3 rings (SSSR count). The minimum Gasteiger partial charge on any atom is -0.382 e. The minimum absolute atomic E-state index is 0.0874. The molecule has 0 aliphatic carbocycles. The molecule has 4 atom stereocenters. The van der Waals surface area contributed by atoms with E-state index in [2.05, 4.69) is 21.2 Å². The summed E-state index contributed by atoms with van der Waals surface area (Å²) in [5.74, 6) is -1.62. The molecule has 0 bridgehead atoms. The van der Waals surface area contributed by atoms with Crippen LogP contribution in [0, 0.1) is 5.92 Å². The van der Waals surface area contributed by atoms with Gasteiger partial charge >= 0.3 is 0 Å². The normalized spacial score (nSPS) is 19.2. The Hall–Kier alpha value is -1.89. The molecule has 2 aromatic carbocycles. The Morgan fingerprint density at radius 1 is 1.20 bits per heavy atom. The number of carbonyl (C=O) groups is 2. The summed E-state index contributed by atoms with van der Waals surface area (Å²) in [6.07, 6.45) is 0.288. The molecule has 2 aromatic rings. The van der Waals surface area contributed by atoms with E-state index in [9.17, 15) is 14.7 Å². The molecule has 0 saturated carbocycles. The quantitative estimate of drug-likeness (QED) is 0.616. The van der Waals surface area contributed by atoms with Crippen LogP contribution in [-0.4, -0.2) is 34.5 Å². The van der Waals surface area contributed by atoms with Crippen LogP contribution in [0.25, 0.3) is 0 Å². The van der Waals surface area contributed by atoms with Crippen molar-refractivity contribution < 1.29 is 14.7 Å². The van der Waals surface area contributed by atoms with Gasteiger partial charge in [0.05, 0.1) is 18.0 Å². The van der Waals surface area contributed by atoms with Crippen molar-refractivity contribution >= 4 is 39.3 Å². The molecule has 0 spiro atoms. The van der Waals surface area contributed by atoms with Crippen LogP contribution in [0.3, 0.4) is 0 Å². The van der Waals surface area contributed by atoms with Crippen molar-refractivity contribution in [3.05, 3.63) is 69.2 Å². The maximum Gasteiger partial charge on any atom is 0.250 e. The van der Waals surface area contributed by atoms with E-state index < -0.39 is 17.9 Å². The molecule has 1 aliphatic heterocycles. The number of rotatable bonds is 6. The van der Waals surface area contributed by atoms with Gasteiger partial charge in [-0.15, -0.1) is 0 Å². The number of halogens is 2. The predicted octanol–water partition coefficient (Wildman–Crippen LogP) is 4.64. The molecule has 30 heavy (non-hydrogen) atoms. The van der Waals surface area contributed by atoms with Crippen LogP contribution in [-0.2, 0) is 9.59 Å². The number of nitrogens with one attached hydrogen (secondary N) is 1. The van der Waals surface area contributed by atoms with Crippen LogP contribution in [0.2, 0.25) is 5.02 Å². The lowest BCUT2D eigenvalue weighted by Gasteiger charge is -2.30. The van der Waals surface area contributed by atoms with Crippen LogP contribution >= 0.6 is 27.5 Å². The Morgan fingerprint density at radius 3 is 2.57 bits per heavy atom. The monoisotopic (exact) mass is 492 g/mol. The molecule has 1 saturated heterocycles. The number of amides is 2. The molecule has 0 radical (unpaired) electrons. The summed E-state index contributed by atoms with van der Waals surface area (Å²) in [5.41, 5.74) is 1.89. The van der Waals surface area contributed by atoms with Crippen LogP contribution in [0.1, 0.15) is 49.9 Å². The highest BCUT2D eigenvalue weighted by Gasteiger charge is 2.37.